The van der Waals surface area contributed by atoms with Crippen molar-refractivity contribution >= 4 is 34.2 Å². The van der Waals surface area contributed by atoms with E-state index in [4.69, 9.17) is 21.6 Å². The third-order valence-corrected chi connectivity index (χ3v) is 3.96. The average molecular weight is 539 g/mol. The minimum absolute atomic E-state index is 0. The molecule has 1 aromatic heterocycles. The smallest absolute Gasteiger partial charge is 0.256 e. The summed E-state index contributed by atoms with van der Waals surface area (Å²) in [6.07, 6.45) is -2.69. The second-order valence-corrected chi connectivity index (χ2v) is 5.95. The molecule has 0 saturated heterocycles. The first-order valence-electron chi connectivity index (χ1n) is 6.33. The van der Waals surface area contributed by atoms with Crippen LogP contribution in [0.15, 0.2) is 29.1 Å². The molecule has 0 saturated carbocycles. The molecule has 4 nitrogen and oxygen atoms in total. The zero-order valence-corrected chi connectivity index (χ0v) is 17.9. The van der Waals surface area contributed by atoms with Gasteiger partial charge in [0, 0.05) is 32.7 Å². The first kappa shape index (κ1) is 21.5. The number of rotatable bonds is 5. The van der Waals surface area contributed by atoms with Gasteiger partial charge in [-0.1, -0.05) is 22.9 Å². The van der Waals surface area contributed by atoms with E-state index in [9.17, 15) is 13.6 Å². The fourth-order valence-corrected chi connectivity index (χ4v) is 2.64. The molecule has 1 aromatic carbocycles. The summed E-state index contributed by atoms with van der Waals surface area (Å²) in [5, 5.41) is 8.69. The van der Waals surface area contributed by atoms with Crippen molar-refractivity contribution in [2.75, 3.05) is 6.61 Å². The molecule has 0 bridgehead atoms. The quantitative estimate of drug-likeness (QED) is 0.431. The Morgan fingerprint density at radius 3 is 2.75 bits per heavy atom. The van der Waals surface area contributed by atoms with Gasteiger partial charge in [-0.3, -0.25) is 4.79 Å². The van der Waals surface area contributed by atoms with Crippen LogP contribution in [0.5, 0.6) is 5.75 Å². The Kier molecular flexibility index (Phi) is 8.78. The predicted molar refractivity (Wildman–Crippen MR) is 89.8 cm³/mol. The van der Waals surface area contributed by atoms with Crippen LogP contribution in [0.1, 0.15) is 0 Å². The molecule has 0 N–H and O–H groups in total. The van der Waals surface area contributed by atoms with Gasteiger partial charge in [-0.15, -0.1) is 28.7 Å². The van der Waals surface area contributed by atoms with Crippen LogP contribution >= 0.6 is 34.2 Å². The maximum Gasteiger partial charge on any atom is 0.256 e. The molecule has 0 atom stereocenters. The molecule has 1 heterocycles. The van der Waals surface area contributed by atoms with Gasteiger partial charge in [-0.05, 0) is 20.7 Å². The fraction of sp³-hybridized carbons (Fsp3) is 0.200. The number of benzene rings is 1. The van der Waals surface area contributed by atoms with Crippen molar-refractivity contribution in [2.24, 2.45) is 0 Å². The van der Waals surface area contributed by atoms with Crippen LogP contribution in [0.2, 0.25) is 5.02 Å². The second kappa shape index (κ2) is 9.80. The van der Waals surface area contributed by atoms with Crippen molar-refractivity contribution in [1.29, 1.82) is 5.26 Å². The van der Waals surface area contributed by atoms with Crippen LogP contribution in [0.4, 0.5) is 8.78 Å². The first-order chi connectivity index (χ1) is 10.9. The Morgan fingerprint density at radius 1 is 1.46 bits per heavy atom. The van der Waals surface area contributed by atoms with Gasteiger partial charge in [-0.25, -0.2) is 8.78 Å². The van der Waals surface area contributed by atoms with E-state index in [1.54, 1.807) is 28.7 Å². The van der Waals surface area contributed by atoms with Crippen LogP contribution in [0.3, 0.4) is 0 Å². The van der Waals surface area contributed by atoms with Crippen molar-refractivity contribution in [3.8, 4) is 23.1 Å². The molecule has 24 heavy (non-hydrogen) atoms. The maximum atomic E-state index is 12.8. The Hall–Kier alpha value is -0.556. The van der Waals surface area contributed by atoms with Crippen molar-refractivity contribution in [1.82, 2.24) is 4.57 Å². The predicted octanol–water partition coefficient (Wildman–Crippen LogP) is 3.74. The summed E-state index contributed by atoms with van der Waals surface area (Å²) in [7, 11) is 0. The van der Waals surface area contributed by atoms with Gasteiger partial charge in [0.25, 0.3) is 6.43 Å². The van der Waals surface area contributed by atoms with E-state index in [0.717, 1.165) is 4.57 Å². The summed E-state index contributed by atoms with van der Waals surface area (Å²) in [5.74, 6) is 0.369. The van der Waals surface area contributed by atoms with Crippen LogP contribution in [0, 0.1) is 21.0 Å². The van der Waals surface area contributed by atoms with Crippen LogP contribution in [-0.4, -0.2) is 17.6 Å². The molecular formula is C15H9ClF2IN2O2Y-. The molecule has 2 aromatic rings. The van der Waals surface area contributed by atoms with E-state index in [1.165, 1.54) is 18.2 Å². The number of pyridine rings is 1. The molecule has 0 aliphatic carbocycles. The maximum absolute atomic E-state index is 12.8. The van der Waals surface area contributed by atoms with Crippen molar-refractivity contribution in [3.63, 3.8) is 0 Å². The minimum Gasteiger partial charge on any atom is -0.479 e. The number of ether oxygens (including phenoxy) is 1. The Bertz CT molecular complexity index is 824. The van der Waals surface area contributed by atoms with E-state index < -0.39 is 18.5 Å². The number of hydrogen-bond donors (Lipinski definition) is 0. The standard InChI is InChI=1S/C15H9ClF2IN2O2.Y/c16-11-7-9(23-6-5-20)1-2-10(11)13-4-3-12(19)15(22)21(13)8-14(17)18;/h1-3,7,14H,6,8H2;/q-1;. The molecule has 0 amide bonds. The van der Waals surface area contributed by atoms with E-state index in [0.29, 0.717) is 11.3 Å². The topological polar surface area (TPSA) is 55.0 Å². The second-order valence-electron chi connectivity index (χ2n) is 4.38. The van der Waals surface area contributed by atoms with Crippen LogP contribution in [0.25, 0.3) is 11.3 Å². The molecule has 0 unspecified atom stereocenters. The van der Waals surface area contributed by atoms with Crippen molar-refractivity contribution < 1.29 is 46.2 Å². The molecule has 0 spiro atoms. The molecule has 2 rings (SSSR count). The van der Waals surface area contributed by atoms with E-state index in [-0.39, 0.29) is 53.6 Å². The largest absolute Gasteiger partial charge is 0.479 e. The molecule has 0 fully saturated rings. The molecule has 123 valence electrons. The summed E-state index contributed by atoms with van der Waals surface area (Å²) in [5.41, 5.74) is 0.0261. The average Bonchev–Trinajstić information content (AvgIpc) is 2.50. The monoisotopic (exact) mass is 538 g/mol. The Morgan fingerprint density at radius 2 is 2.17 bits per heavy atom. The first-order valence-corrected chi connectivity index (χ1v) is 7.78. The van der Waals surface area contributed by atoms with Gasteiger partial charge in [-0.2, -0.15) is 17.4 Å². The van der Waals surface area contributed by atoms with Gasteiger partial charge >= 0.3 is 0 Å². The van der Waals surface area contributed by atoms with Crippen molar-refractivity contribution in [2.45, 2.75) is 13.0 Å². The third kappa shape index (κ3) is 5.22. The number of alkyl halides is 2. The molecule has 1 radical (unpaired) electrons. The number of nitrogens with zero attached hydrogens (tertiary/aromatic N) is 2. The van der Waals surface area contributed by atoms with Crippen LogP contribution < -0.4 is 10.3 Å². The van der Waals surface area contributed by atoms with Gasteiger partial charge in [0.1, 0.15) is 11.8 Å². The zero-order valence-electron chi connectivity index (χ0n) is 12.1. The van der Waals surface area contributed by atoms with Gasteiger partial charge in [0.2, 0.25) is 5.56 Å². The molecule has 0 aliphatic heterocycles. The van der Waals surface area contributed by atoms with E-state index in [1.807, 2.05) is 6.07 Å². The molecular weight excluding hydrogens is 529 g/mol. The Labute approximate surface area is 180 Å². The summed E-state index contributed by atoms with van der Waals surface area (Å²) >= 11 is 7.92. The van der Waals surface area contributed by atoms with E-state index >= 15 is 0 Å². The van der Waals surface area contributed by atoms with E-state index in [2.05, 4.69) is 6.07 Å². The number of nitriles is 1. The zero-order chi connectivity index (χ0) is 17.0. The SMILES string of the molecule is N#CCOc1ccc(-c2[c-]cc(I)c(=O)n2CC(F)F)c(Cl)c1.[Y]. The summed E-state index contributed by atoms with van der Waals surface area (Å²) < 4.78 is 31.9. The number of halogens is 4. The van der Waals surface area contributed by atoms with Gasteiger partial charge < -0.3 is 9.30 Å². The number of hydrogen-bond acceptors (Lipinski definition) is 3. The normalized spacial score (nSPS) is 10.2. The molecule has 0 aliphatic rings. The van der Waals surface area contributed by atoms with Crippen LogP contribution in [-0.2, 0) is 39.3 Å². The number of aromatic nitrogens is 1. The molecule has 9 heteroatoms. The van der Waals surface area contributed by atoms with Gasteiger partial charge in [0.15, 0.2) is 6.61 Å². The summed E-state index contributed by atoms with van der Waals surface area (Å²) in [6.45, 7) is -0.883. The van der Waals surface area contributed by atoms with Gasteiger partial charge in [0.05, 0.1) is 6.54 Å². The van der Waals surface area contributed by atoms with Crippen molar-refractivity contribution in [3.05, 3.63) is 49.3 Å². The summed E-state index contributed by atoms with van der Waals surface area (Å²) in [6, 6.07) is 10.6. The fourth-order valence-electron chi connectivity index (χ4n) is 1.93. The minimum atomic E-state index is -2.69. The summed E-state index contributed by atoms with van der Waals surface area (Å²) in [4.78, 5) is 12.1. The third-order valence-electron chi connectivity index (χ3n) is 2.87. The Balaban J connectivity index is 0.00000288.